The van der Waals surface area contributed by atoms with E-state index in [1.807, 2.05) is 6.07 Å². The molecule has 0 aromatic heterocycles. The molecule has 0 aliphatic carbocycles. The Morgan fingerprint density at radius 3 is 2.67 bits per heavy atom. The molecular weight excluding hydrogens is 311 g/mol. The number of carbonyl (C=O) groups excluding carboxylic acids is 1. The van der Waals surface area contributed by atoms with Crippen LogP contribution in [0.5, 0.6) is 11.5 Å². The van der Waals surface area contributed by atoms with E-state index in [9.17, 15) is 14.4 Å². The molecule has 5 nitrogen and oxygen atoms in total. The number of methoxy groups -OCH3 is 1. The zero-order chi connectivity index (χ0) is 17.5. The summed E-state index contributed by atoms with van der Waals surface area (Å²) in [5.74, 6) is -0.361. The maximum Gasteiger partial charge on any atom is 0.255 e. The SMILES string of the molecule is COc1cc(C=C(C#N)c2ccccc2F)ccc1OCC(N)=O. The van der Waals surface area contributed by atoms with Gasteiger partial charge in [0.1, 0.15) is 5.82 Å². The van der Waals surface area contributed by atoms with Crippen molar-refractivity contribution in [3.8, 4) is 17.6 Å². The molecule has 2 rings (SSSR count). The molecule has 0 fully saturated rings. The molecule has 6 heteroatoms. The lowest BCUT2D eigenvalue weighted by atomic mass is 10.0. The van der Waals surface area contributed by atoms with Crippen LogP contribution in [0.3, 0.4) is 0 Å². The number of amides is 1. The summed E-state index contributed by atoms with van der Waals surface area (Å²) >= 11 is 0. The first kappa shape index (κ1) is 17.0. The zero-order valence-electron chi connectivity index (χ0n) is 13.0. The zero-order valence-corrected chi connectivity index (χ0v) is 13.0. The maximum atomic E-state index is 13.8. The second-order valence-electron chi connectivity index (χ2n) is 4.81. The van der Waals surface area contributed by atoms with E-state index in [1.165, 1.54) is 19.2 Å². The van der Waals surface area contributed by atoms with Gasteiger partial charge >= 0.3 is 0 Å². The number of halogens is 1. The van der Waals surface area contributed by atoms with Gasteiger partial charge in [-0.2, -0.15) is 5.26 Å². The highest BCUT2D eigenvalue weighted by Gasteiger charge is 2.09. The number of carbonyl (C=O) groups is 1. The fourth-order valence-corrected chi connectivity index (χ4v) is 2.06. The van der Waals surface area contributed by atoms with Crippen LogP contribution in [-0.4, -0.2) is 19.6 Å². The van der Waals surface area contributed by atoms with Crippen LogP contribution in [-0.2, 0) is 4.79 Å². The smallest absolute Gasteiger partial charge is 0.255 e. The van der Waals surface area contributed by atoms with Crippen molar-refractivity contribution in [2.24, 2.45) is 5.73 Å². The normalized spacial score (nSPS) is 10.8. The molecule has 0 unspecified atom stereocenters. The molecule has 1 amide bonds. The van der Waals surface area contributed by atoms with Gasteiger partial charge in [0.15, 0.2) is 18.1 Å². The third-order valence-electron chi connectivity index (χ3n) is 3.15. The minimum absolute atomic E-state index is 0.181. The Morgan fingerprint density at radius 2 is 2.04 bits per heavy atom. The van der Waals surface area contributed by atoms with Gasteiger partial charge in [-0.05, 0) is 29.8 Å². The van der Waals surface area contributed by atoms with Gasteiger partial charge in [-0.1, -0.05) is 24.3 Å². The lowest BCUT2D eigenvalue weighted by molar-refractivity contribution is -0.119. The Bertz CT molecular complexity index is 825. The van der Waals surface area contributed by atoms with Gasteiger partial charge in [0, 0.05) is 5.56 Å². The summed E-state index contributed by atoms with van der Waals surface area (Å²) in [7, 11) is 1.45. The Kier molecular flexibility index (Phi) is 5.53. The Hall–Kier alpha value is -3.33. The van der Waals surface area contributed by atoms with E-state index in [2.05, 4.69) is 0 Å². The lowest BCUT2D eigenvalue weighted by Gasteiger charge is -2.10. The molecule has 2 aromatic rings. The molecule has 2 aromatic carbocycles. The third kappa shape index (κ3) is 4.11. The number of ether oxygens (including phenoxy) is 2. The van der Waals surface area contributed by atoms with E-state index in [-0.39, 0.29) is 17.7 Å². The van der Waals surface area contributed by atoms with Gasteiger partial charge in [0.25, 0.3) is 5.91 Å². The molecule has 122 valence electrons. The average Bonchev–Trinajstić information content (AvgIpc) is 2.58. The lowest BCUT2D eigenvalue weighted by Crippen LogP contribution is -2.20. The topological polar surface area (TPSA) is 85.3 Å². The Morgan fingerprint density at radius 1 is 1.29 bits per heavy atom. The fourth-order valence-electron chi connectivity index (χ4n) is 2.06. The van der Waals surface area contributed by atoms with Crippen LogP contribution < -0.4 is 15.2 Å². The predicted octanol–water partition coefficient (Wildman–Crippen LogP) is 2.76. The predicted molar refractivity (Wildman–Crippen MR) is 87.6 cm³/mol. The third-order valence-corrected chi connectivity index (χ3v) is 3.15. The van der Waals surface area contributed by atoms with Crippen molar-refractivity contribution in [2.45, 2.75) is 0 Å². The Balaban J connectivity index is 2.36. The number of nitrogens with two attached hydrogens (primary N) is 1. The number of allylic oxidation sites excluding steroid dienone is 1. The van der Waals surface area contributed by atoms with E-state index in [1.54, 1.807) is 36.4 Å². The molecule has 2 N–H and O–H groups in total. The molecule has 0 aliphatic heterocycles. The number of nitrogens with zero attached hydrogens (tertiary/aromatic N) is 1. The van der Waals surface area contributed by atoms with Crippen LogP contribution in [0.2, 0.25) is 0 Å². The molecule has 0 spiro atoms. The molecule has 0 atom stereocenters. The highest BCUT2D eigenvalue weighted by molar-refractivity contribution is 5.90. The van der Waals surface area contributed by atoms with E-state index in [0.717, 1.165) is 0 Å². The van der Waals surface area contributed by atoms with Gasteiger partial charge in [0.2, 0.25) is 0 Å². The first-order valence-electron chi connectivity index (χ1n) is 7.01. The maximum absolute atomic E-state index is 13.8. The fraction of sp³-hybridized carbons (Fsp3) is 0.111. The molecular formula is C18H15FN2O3. The molecule has 24 heavy (non-hydrogen) atoms. The van der Waals surface area contributed by atoms with Gasteiger partial charge < -0.3 is 15.2 Å². The first-order chi connectivity index (χ1) is 11.5. The summed E-state index contributed by atoms with van der Waals surface area (Å²) in [5.41, 5.74) is 6.06. The van der Waals surface area contributed by atoms with Crippen LogP contribution in [0, 0.1) is 17.1 Å². The van der Waals surface area contributed by atoms with Gasteiger partial charge in [0.05, 0.1) is 18.8 Å². The van der Waals surface area contributed by atoms with E-state index in [0.29, 0.717) is 17.1 Å². The van der Waals surface area contributed by atoms with Crippen molar-refractivity contribution < 1.29 is 18.7 Å². The molecule has 0 saturated heterocycles. The molecule has 0 bridgehead atoms. The summed E-state index contributed by atoms with van der Waals surface area (Å²) in [6.45, 7) is -0.274. The standard InChI is InChI=1S/C18H15FN2O3/c1-23-17-9-12(6-7-16(17)24-11-18(21)22)8-13(10-20)14-4-2-3-5-15(14)19/h2-9H,11H2,1H3,(H2,21,22). The second kappa shape index (κ2) is 7.79. The summed E-state index contributed by atoms with van der Waals surface area (Å²) in [4.78, 5) is 10.8. The minimum atomic E-state index is -0.604. The van der Waals surface area contributed by atoms with Crippen molar-refractivity contribution in [2.75, 3.05) is 13.7 Å². The van der Waals surface area contributed by atoms with Crippen molar-refractivity contribution in [3.63, 3.8) is 0 Å². The highest BCUT2D eigenvalue weighted by atomic mass is 19.1. The quantitative estimate of drug-likeness (QED) is 0.653. The van der Waals surface area contributed by atoms with Crippen LogP contribution in [0.4, 0.5) is 4.39 Å². The number of nitriles is 1. The summed E-state index contributed by atoms with van der Waals surface area (Å²) < 4.78 is 24.3. The van der Waals surface area contributed by atoms with Crippen molar-refractivity contribution >= 4 is 17.6 Å². The molecule has 0 aliphatic rings. The monoisotopic (exact) mass is 326 g/mol. The minimum Gasteiger partial charge on any atom is -0.493 e. The van der Waals surface area contributed by atoms with Crippen LogP contribution in [0.25, 0.3) is 11.6 Å². The number of benzene rings is 2. The summed E-state index contributed by atoms with van der Waals surface area (Å²) in [6.07, 6.45) is 1.54. The van der Waals surface area contributed by atoms with Gasteiger partial charge in [-0.15, -0.1) is 0 Å². The highest BCUT2D eigenvalue weighted by Crippen LogP contribution is 2.30. The number of hydrogen-bond acceptors (Lipinski definition) is 4. The van der Waals surface area contributed by atoms with E-state index >= 15 is 0 Å². The van der Waals surface area contributed by atoms with Crippen molar-refractivity contribution in [1.82, 2.24) is 0 Å². The number of rotatable bonds is 6. The first-order valence-corrected chi connectivity index (χ1v) is 7.01. The van der Waals surface area contributed by atoms with Crippen LogP contribution in [0.15, 0.2) is 42.5 Å². The van der Waals surface area contributed by atoms with E-state index < -0.39 is 11.7 Å². The number of primary amides is 1. The van der Waals surface area contributed by atoms with Gasteiger partial charge in [-0.25, -0.2) is 4.39 Å². The molecule has 0 saturated carbocycles. The van der Waals surface area contributed by atoms with E-state index in [4.69, 9.17) is 15.2 Å². The number of hydrogen-bond donors (Lipinski definition) is 1. The molecule has 0 radical (unpaired) electrons. The van der Waals surface area contributed by atoms with Crippen molar-refractivity contribution in [1.29, 1.82) is 5.26 Å². The summed E-state index contributed by atoms with van der Waals surface area (Å²) in [6, 6.07) is 12.9. The van der Waals surface area contributed by atoms with Crippen molar-refractivity contribution in [3.05, 3.63) is 59.4 Å². The van der Waals surface area contributed by atoms with Gasteiger partial charge in [-0.3, -0.25) is 4.79 Å². The average molecular weight is 326 g/mol. The second-order valence-corrected chi connectivity index (χ2v) is 4.81. The molecule has 0 heterocycles. The van der Waals surface area contributed by atoms with Crippen LogP contribution in [0.1, 0.15) is 11.1 Å². The summed E-state index contributed by atoms with van der Waals surface area (Å²) in [5, 5.41) is 9.30. The largest absolute Gasteiger partial charge is 0.493 e. The Labute approximate surface area is 138 Å². The van der Waals surface area contributed by atoms with Crippen LogP contribution >= 0.6 is 0 Å².